The summed E-state index contributed by atoms with van der Waals surface area (Å²) in [4.78, 5) is 6.14. The molecule has 1 rings (SSSR count). The van der Waals surface area contributed by atoms with Crippen molar-refractivity contribution in [2.75, 3.05) is 32.2 Å². The van der Waals surface area contributed by atoms with Gasteiger partial charge in [-0.25, -0.2) is 4.98 Å². The maximum absolute atomic E-state index is 9.62. The fourth-order valence-corrected chi connectivity index (χ4v) is 1.58. The van der Waals surface area contributed by atoms with Crippen LogP contribution in [0, 0.1) is 0 Å². The van der Waals surface area contributed by atoms with Gasteiger partial charge in [-0.3, -0.25) is 0 Å². The van der Waals surface area contributed by atoms with Crippen molar-refractivity contribution in [2.24, 2.45) is 5.73 Å². The molecular formula is C11H19N3O2. The van der Waals surface area contributed by atoms with Crippen LogP contribution in [0.25, 0.3) is 0 Å². The van der Waals surface area contributed by atoms with Crippen LogP contribution >= 0.6 is 0 Å². The Morgan fingerprint density at radius 1 is 1.62 bits per heavy atom. The summed E-state index contributed by atoms with van der Waals surface area (Å²) in [6, 6.07) is 3.78. The van der Waals surface area contributed by atoms with Crippen molar-refractivity contribution >= 4 is 5.82 Å². The van der Waals surface area contributed by atoms with E-state index in [1.54, 1.807) is 13.3 Å². The second kappa shape index (κ2) is 6.42. The van der Waals surface area contributed by atoms with Crippen LogP contribution < -0.4 is 10.6 Å². The van der Waals surface area contributed by atoms with Gasteiger partial charge in [0.25, 0.3) is 0 Å². The monoisotopic (exact) mass is 225 g/mol. The Morgan fingerprint density at radius 2 is 2.38 bits per heavy atom. The highest BCUT2D eigenvalue weighted by atomic mass is 16.5. The quantitative estimate of drug-likeness (QED) is 0.712. The van der Waals surface area contributed by atoms with E-state index >= 15 is 0 Å². The number of aliphatic hydroxyl groups is 1. The molecule has 0 aliphatic heterocycles. The number of anilines is 1. The fraction of sp³-hybridized carbons (Fsp3) is 0.545. The molecule has 1 aromatic heterocycles. The summed E-state index contributed by atoms with van der Waals surface area (Å²) in [5, 5.41) is 9.62. The van der Waals surface area contributed by atoms with E-state index in [0.29, 0.717) is 19.7 Å². The van der Waals surface area contributed by atoms with Gasteiger partial charge in [-0.05, 0) is 6.07 Å². The second-order valence-electron chi connectivity index (χ2n) is 3.68. The van der Waals surface area contributed by atoms with Crippen molar-refractivity contribution in [3.63, 3.8) is 0 Å². The van der Waals surface area contributed by atoms with Crippen LogP contribution in [0.4, 0.5) is 5.82 Å². The van der Waals surface area contributed by atoms with Gasteiger partial charge >= 0.3 is 0 Å². The maximum Gasteiger partial charge on any atom is 0.132 e. The summed E-state index contributed by atoms with van der Waals surface area (Å²) in [6.07, 6.45) is 1.19. The first-order chi connectivity index (χ1) is 7.69. The normalized spacial score (nSPS) is 12.5. The van der Waals surface area contributed by atoms with E-state index in [-0.39, 0.29) is 0 Å². The van der Waals surface area contributed by atoms with E-state index < -0.39 is 6.10 Å². The number of rotatable bonds is 6. The first-order valence-corrected chi connectivity index (χ1v) is 5.21. The lowest BCUT2D eigenvalue weighted by Gasteiger charge is -2.23. The molecular weight excluding hydrogens is 206 g/mol. The van der Waals surface area contributed by atoms with Crippen LogP contribution in [0.3, 0.4) is 0 Å². The zero-order valence-electron chi connectivity index (χ0n) is 9.76. The Balaban J connectivity index is 2.68. The molecule has 0 amide bonds. The van der Waals surface area contributed by atoms with Crippen molar-refractivity contribution in [3.05, 3.63) is 23.9 Å². The molecule has 3 N–H and O–H groups in total. The largest absolute Gasteiger partial charge is 0.389 e. The Hall–Kier alpha value is -1.17. The van der Waals surface area contributed by atoms with Gasteiger partial charge in [0, 0.05) is 39.0 Å². The van der Waals surface area contributed by atoms with Gasteiger partial charge in [0.1, 0.15) is 5.82 Å². The zero-order valence-corrected chi connectivity index (χ0v) is 9.76. The number of pyridine rings is 1. The van der Waals surface area contributed by atoms with Crippen molar-refractivity contribution in [1.82, 2.24) is 4.98 Å². The van der Waals surface area contributed by atoms with Gasteiger partial charge in [-0.15, -0.1) is 0 Å². The first kappa shape index (κ1) is 12.9. The molecule has 16 heavy (non-hydrogen) atoms. The molecule has 1 unspecified atom stereocenters. The third-order valence-electron chi connectivity index (χ3n) is 2.29. The summed E-state index contributed by atoms with van der Waals surface area (Å²) in [6.45, 7) is 1.22. The third-order valence-corrected chi connectivity index (χ3v) is 2.29. The topological polar surface area (TPSA) is 71.6 Å². The molecule has 0 aromatic carbocycles. The lowest BCUT2D eigenvalue weighted by molar-refractivity contribution is 0.0694. The minimum absolute atomic E-state index is 0.315. The van der Waals surface area contributed by atoms with Gasteiger partial charge < -0.3 is 20.5 Å². The lowest BCUT2D eigenvalue weighted by atomic mass is 10.2. The first-order valence-electron chi connectivity index (χ1n) is 5.21. The van der Waals surface area contributed by atoms with Crippen molar-refractivity contribution in [1.29, 1.82) is 0 Å². The fourth-order valence-electron chi connectivity index (χ4n) is 1.58. The summed E-state index contributed by atoms with van der Waals surface area (Å²) < 4.78 is 4.88. The van der Waals surface area contributed by atoms with Crippen molar-refractivity contribution in [2.45, 2.75) is 12.6 Å². The Kier molecular flexibility index (Phi) is 5.18. The highest BCUT2D eigenvalue weighted by Crippen LogP contribution is 2.15. The number of nitrogens with zero attached hydrogens (tertiary/aromatic N) is 2. The molecule has 0 radical (unpaired) electrons. The number of hydrogen-bond donors (Lipinski definition) is 2. The number of aromatic nitrogens is 1. The molecule has 5 nitrogen and oxygen atoms in total. The van der Waals surface area contributed by atoms with Crippen molar-refractivity contribution in [3.8, 4) is 0 Å². The second-order valence-corrected chi connectivity index (χ2v) is 3.68. The molecule has 1 heterocycles. The van der Waals surface area contributed by atoms with Gasteiger partial charge in [0.2, 0.25) is 0 Å². The molecule has 5 heteroatoms. The molecule has 0 saturated heterocycles. The summed E-state index contributed by atoms with van der Waals surface area (Å²) >= 11 is 0. The number of nitrogens with two attached hydrogens (primary N) is 1. The average molecular weight is 225 g/mol. The molecule has 90 valence electrons. The number of aliphatic hydroxyl groups excluding tert-OH is 1. The molecule has 1 atom stereocenters. The van der Waals surface area contributed by atoms with Gasteiger partial charge in [0.15, 0.2) is 0 Å². The summed E-state index contributed by atoms with van der Waals surface area (Å²) in [5.74, 6) is 0.806. The predicted octanol–water partition coefficient (Wildman–Crippen LogP) is -0.0162. The smallest absolute Gasteiger partial charge is 0.132 e. The van der Waals surface area contributed by atoms with Crippen LogP contribution in [0.2, 0.25) is 0 Å². The Labute approximate surface area is 95.8 Å². The van der Waals surface area contributed by atoms with E-state index in [0.717, 1.165) is 11.4 Å². The van der Waals surface area contributed by atoms with Gasteiger partial charge in [-0.2, -0.15) is 0 Å². The van der Waals surface area contributed by atoms with Crippen LogP contribution in [0.5, 0.6) is 0 Å². The van der Waals surface area contributed by atoms with Crippen molar-refractivity contribution < 1.29 is 9.84 Å². The SMILES string of the molecule is COCC(O)CN(C)c1ncccc1CN. The summed E-state index contributed by atoms with van der Waals surface area (Å²) in [7, 11) is 3.44. The Bertz CT molecular complexity index is 320. The van der Waals surface area contributed by atoms with E-state index in [2.05, 4.69) is 4.98 Å². The lowest BCUT2D eigenvalue weighted by Crippen LogP contribution is -2.33. The van der Waals surface area contributed by atoms with E-state index in [1.807, 2.05) is 24.1 Å². The average Bonchev–Trinajstić information content (AvgIpc) is 2.29. The molecule has 1 aromatic rings. The standard InChI is InChI=1S/C11H19N3O2/c1-14(7-10(15)8-16-2)11-9(6-12)4-3-5-13-11/h3-5,10,15H,6-8,12H2,1-2H3. The van der Waals surface area contributed by atoms with Crippen LogP contribution in [0.15, 0.2) is 18.3 Å². The minimum Gasteiger partial charge on any atom is -0.389 e. The maximum atomic E-state index is 9.62. The molecule has 0 bridgehead atoms. The highest BCUT2D eigenvalue weighted by molar-refractivity contribution is 5.45. The number of hydrogen-bond acceptors (Lipinski definition) is 5. The molecule has 0 saturated carbocycles. The Morgan fingerprint density at radius 3 is 3.00 bits per heavy atom. The van der Waals surface area contributed by atoms with Crippen LogP contribution in [-0.2, 0) is 11.3 Å². The number of methoxy groups -OCH3 is 1. The third kappa shape index (κ3) is 3.44. The molecule has 0 spiro atoms. The summed E-state index contributed by atoms with van der Waals surface area (Å²) in [5.41, 5.74) is 6.59. The van der Waals surface area contributed by atoms with E-state index in [4.69, 9.17) is 10.5 Å². The zero-order chi connectivity index (χ0) is 12.0. The highest BCUT2D eigenvalue weighted by Gasteiger charge is 2.11. The molecule has 0 aliphatic carbocycles. The number of ether oxygens (including phenoxy) is 1. The van der Waals surface area contributed by atoms with Gasteiger partial charge in [-0.1, -0.05) is 6.07 Å². The van der Waals surface area contributed by atoms with Gasteiger partial charge in [0.05, 0.1) is 12.7 Å². The molecule has 0 aliphatic rings. The van der Waals surface area contributed by atoms with E-state index in [1.165, 1.54) is 0 Å². The van der Waals surface area contributed by atoms with E-state index in [9.17, 15) is 5.11 Å². The number of likely N-dealkylation sites (N-methyl/N-ethyl adjacent to an activating group) is 1. The van der Waals surface area contributed by atoms with Crippen LogP contribution in [0.1, 0.15) is 5.56 Å². The van der Waals surface area contributed by atoms with Crippen LogP contribution in [-0.4, -0.2) is 43.5 Å². The molecule has 0 fully saturated rings. The predicted molar refractivity (Wildman–Crippen MR) is 63.3 cm³/mol. The minimum atomic E-state index is -0.525.